The standard InChI is InChI=1S/C20H32N4.HI/c1-16(2)8-6-9-17(3)23-20(21)22-15-18-10-7-11-19(14-18)24-12-4-5-13-24;/h4-5,7,10-11,14,16-17H,6,8-9,12-13,15H2,1-3H3,(H3,21,22,23);1H. The molecular formula is C20H33IN4. The van der Waals surface area contributed by atoms with Gasteiger partial charge in [0.05, 0.1) is 6.54 Å². The molecule has 0 saturated carbocycles. The van der Waals surface area contributed by atoms with Gasteiger partial charge in [-0.2, -0.15) is 0 Å². The van der Waals surface area contributed by atoms with E-state index in [9.17, 15) is 0 Å². The van der Waals surface area contributed by atoms with Gasteiger partial charge < -0.3 is 16.0 Å². The second kappa shape index (κ2) is 11.4. The number of nitrogens with zero attached hydrogens (tertiary/aromatic N) is 2. The highest BCUT2D eigenvalue weighted by molar-refractivity contribution is 14.0. The molecule has 1 heterocycles. The second-order valence-corrected chi connectivity index (χ2v) is 7.12. The number of benzene rings is 1. The Morgan fingerprint density at radius 2 is 1.92 bits per heavy atom. The van der Waals surface area contributed by atoms with E-state index in [1.54, 1.807) is 0 Å². The lowest BCUT2D eigenvalue weighted by Crippen LogP contribution is -2.38. The van der Waals surface area contributed by atoms with Crippen LogP contribution in [-0.4, -0.2) is 25.1 Å². The van der Waals surface area contributed by atoms with Crippen molar-refractivity contribution in [1.29, 1.82) is 0 Å². The van der Waals surface area contributed by atoms with Gasteiger partial charge in [-0.1, -0.05) is 51.0 Å². The average Bonchev–Trinajstić information content (AvgIpc) is 3.07. The molecule has 0 saturated heterocycles. The summed E-state index contributed by atoms with van der Waals surface area (Å²) in [5, 5.41) is 3.30. The molecule has 0 spiro atoms. The number of anilines is 1. The van der Waals surface area contributed by atoms with Crippen LogP contribution in [0.15, 0.2) is 41.4 Å². The molecule has 0 amide bonds. The van der Waals surface area contributed by atoms with E-state index in [1.807, 2.05) is 0 Å². The Balaban J connectivity index is 0.00000312. The van der Waals surface area contributed by atoms with E-state index in [4.69, 9.17) is 5.73 Å². The van der Waals surface area contributed by atoms with Crippen LogP contribution in [0.25, 0.3) is 0 Å². The van der Waals surface area contributed by atoms with Gasteiger partial charge in [0.15, 0.2) is 5.96 Å². The van der Waals surface area contributed by atoms with E-state index in [1.165, 1.54) is 24.1 Å². The number of halogens is 1. The summed E-state index contributed by atoms with van der Waals surface area (Å²) in [6.07, 6.45) is 8.03. The van der Waals surface area contributed by atoms with Crippen LogP contribution in [-0.2, 0) is 6.54 Å². The highest BCUT2D eigenvalue weighted by Crippen LogP contribution is 2.18. The van der Waals surface area contributed by atoms with Crippen LogP contribution in [0.2, 0.25) is 0 Å². The lowest BCUT2D eigenvalue weighted by atomic mass is 10.0. The average molecular weight is 456 g/mol. The molecule has 3 N–H and O–H groups in total. The Bertz CT molecular complexity index is 561. The fourth-order valence-corrected chi connectivity index (χ4v) is 2.92. The second-order valence-electron chi connectivity index (χ2n) is 7.12. The first-order valence-electron chi connectivity index (χ1n) is 9.10. The molecule has 0 fully saturated rings. The van der Waals surface area contributed by atoms with Gasteiger partial charge in [0.2, 0.25) is 0 Å². The molecular weight excluding hydrogens is 423 g/mol. The van der Waals surface area contributed by atoms with Crippen molar-refractivity contribution >= 4 is 35.6 Å². The molecule has 1 unspecified atom stereocenters. The minimum Gasteiger partial charge on any atom is -0.370 e. The Hall–Kier alpha value is -1.24. The van der Waals surface area contributed by atoms with Gasteiger partial charge in [-0.25, -0.2) is 4.99 Å². The molecule has 2 rings (SSSR count). The summed E-state index contributed by atoms with van der Waals surface area (Å²) in [5.41, 5.74) is 8.48. The fourth-order valence-electron chi connectivity index (χ4n) is 2.92. The van der Waals surface area contributed by atoms with E-state index in [-0.39, 0.29) is 24.0 Å². The third kappa shape index (κ3) is 8.12. The summed E-state index contributed by atoms with van der Waals surface area (Å²) < 4.78 is 0. The van der Waals surface area contributed by atoms with Gasteiger partial charge in [0.25, 0.3) is 0 Å². The Kier molecular flexibility index (Phi) is 9.93. The number of nitrogens with two attached hydrogens (primary N) is 1. The summed E-state index contributed by atoms with van der Waals surface area (Å²) in [6, 6.07) is 8.93. The van der Waals surface area contributed by atoms with Crippen molar-refractivity contribution in [3.63, 3.8) is 0 Å². The molecule has 0 aliphatic carbocycles. The van der Waals surface area contributed by atoms with Crippen LogP contribution in [0.3, 0.4) is 0 Å². The van der Waals surface area contributed by atoms with E-state index < -0.39 is 0 Å². The van der Waals surface area contributed by atoms with Gasteiger partial charge in [-0.3, -0.25) is 0 Å². The first-order valence-corrected chi connectivity index (χ1v) is 9.10. The number of hydrogen-bond acceptors (Lipinski definition) is 2. The molecule has 0 radical (unpaired) electrons. The van der Waals surface area contributed by atoms with Crippen molar-refractivity contribution in [3.8, 4) is 0 Å². The summed E-state index contributed by atoms with van der Waals surface area (Å²) in [5.74, 6) is 1.31. The summed E-state index contributed by atoms with van der Waals surface area (Å²) >= 11 is 0. The normalized spacial score (nSPS) is 15.4. The zero-order chi connectivity index (χ0) is 17.4. The fraction of sp³-hybridized carbons (Fsp3) is 0.550. The Morgan fingerprint density at radius 1 is 1.20 bits per heavy atom. The lowest BCUT2D eigenvalue weighted by molar-refractivity contribution is 0.493. The van der Waals surface area contributed by atoms with Gasteiger partial charge in [-0.05, 0) is 37.0 Å². The Morgan fingerprint density at radius 3 is 2.60 bits per heavy atom. The van der Waals surface area contributed by atoms with E-state index in [0.29, 0.717) is 18.5 Å². The molecule has 0 bridgehead atoms. The van der Waals surface area contributed by atoms with Gasteiger partial charge in [0, 0.05) is 24.8 Å². The van der Waals surface area contributed by atoms with E-state index in [2.05, 4.69) is 72.4 Å². The van der Waals surface area contributed by atoms with Crippen LogP contribution >= 0.6 is 24.0 Å². The summed E-state index contributed by atoms with van der Waals surface area (Å²) in [4.78, 5) is 6.83. The molecule has 5 heteroatoms. The quantitative estimate of drug-likeness (QED) is 0.266. The SMILES string of the molecule is CC(C)CCCC(C)NC(N)=NCc1cccc(N2CC=CC2)c1.I. The molecule has 0 aromatic heterocycles. The van der Waals surface area contributed by atoms with Crippen LogP contribution < -0.4 is 16.0 Å². The maximum atomic E-state index is 6.03. The van der Waals surface area contributed by atoms with Crippen LogP contribution in [0.1, 0.15) is 45.6 Å². The third-order valence-electron chi connectivity index (χ3n) is 4.34. The first kappa shape index (κ1) is 21.8. The number of aliphatic imine (C=N–C) groups is 1. The van der Waals surface area contributed by atoms with E-state index >= 15 is 0 Å². The van der Waals surface area contributed by atoms with Crippen LogP contribution in [0, 0.1) is 5.92 Å². The first-order chi connectivity index (χ1) is 11.5. The molecule has 140 valence electrons. The van der Waals surface area contributed by atoms with Crippen LogP contribution in [0.4, 0.5) is 5.69 Å². The minimum absolute atomic E-state index is 0. The third-order valence-corrected chi connectivity index (χ3v) is 4.34. The highest BCUT2D eigenvalue weighted by atomic mass is 127. The number of nitrogens with one attached hydrogen (secondary N) is 1. The van der Waals surface area contributed by atoms with Gasteiger partial charge in [-0.15, -0.1) is 24.0 Å². The number of guanidine groups is 1. The zero-order valence-corrected chi connectivity index (χ0v) is 18.1. The highest BCUT2D eigenvalue weighted by Gasteiger charge is 2.08. The molecule has 1 aromatic rings. The van der Waals surface area contributed by atoms with E-state index in [0.717, 1.165) is 25.4 Å². The zero-order valence-electron chi connectivity index (χ0n) is 15.7. The van der Waals surface area contributed by atoms with Crippen molar-refractivity contribution in [2.75, 3.05) is 18.0 Å². The molecule has 1 aliphatic heterocycles. The monoisotopic (exact) mass is 456 g/mol. The summed E-state index contributed by atoms with van der Waals surface area (Å²) in [7, 11) is 0. The Labute approximate surface area is 170 Å². The molecule has 25 heavy (non-hydrogen) atoms. The number of rotatable bonds is 8. The predicted molar refractivity (Wildman–Crippen MR) is 120 cm³/mol. The van der Waals surface area contributed by atoms with Crippen molar-refractivity contribution in [3.05, 3.63) is 42.0 Å². The lowest BCUT2D eigenvalue weighted by Gasteiger charge is -2.18. The maximum Gasteiger partial charge on any atom is 0.189 e. The van der Waals surface area contributed by atoms with Crippen molar-refractivity contribution in [2.24, 2.45) is 16.6 Å². The van der Waals surface area contributed by atoms with Gasteiger partial charge >= 0.3 is 0 Å². The molecule has 1 aromatic carbocycles. The molecule has 1 atom stereocenters. The predicted octanol–water partition coefficient (Wildman–Crippen LogP) is 4.30. The van der Waals surface area contributed by atoms with Gasteiger partial charge in [0.1, 0.15) is 0 Å². The smallest absolute Gasteiger partial charge is 0.189 e. The van der Waals surface area contributed by atoms with Crippen molar-refractivity contribution < 1.29 is 0 Å². The van der Waals surface area contributed by atoms with Crippen LogP contribution in [0.5, 0.6) is 0 Å². The maximum absolute atomic E-state index is 6.03. The topological polar surface area (TPSA) is 53.6 Å². The largest absolute Gasteiger partial charge is 0.370 e. The molecule has 1 aliphatic rings. The summed E-state index contributed by atoms with van der Waals surface area (Å²) in [6.45, 7) is 9.30. The number of hydrogen-bond donors (Lipinski definition) is 2. The van der Waals surface area contributed by atoms with Crippen molar-refractivity contribution in [1.82, 2.24) is 5.32 Å². The minimum atomic E-state index is 0. The molecule has 4 nitrogen and oxygen atoms in total. The van der Waals surface area contributed by atoms with Crippen molar-refractivity contribution in [2.45, 2.75) is 52.6 Å².